The van der Waals surface area contributed by atoms with Crippen LogP contribution in [0.5, 0.6) is 11.5 Å². The number of rotatable bonds is 5. The molecule has 4 rings (SSSR count). The first-order valence-electron chi connectivity index (χ1n) is 9.91. The van der Waals surface area contributed by atoms with Crippen LogP contribution in [0.4, 0.5) is 10.1 Å². The van der Waals surface area contributed by atoms with Crippen molar-refractivity contribution < 1.29 is 13.9 Å². The highest BCUT2D eigenvalue weighted by Crippen LogP contribution is 2.42. The summed E-state index contributed by atoms with van der Waals surface area (Å²) < 4.78 is 25.2. The molecule has 0 radical (unpaired) electrons. The second-order valence-corrected chi connectivity index (χ2v) is 8.83. The van der Waals surface area contributed by atoms with E-state index in [4.69, 9.17) is 21.7 Å². The van der Waals surface area contributed by atoms with Crippen molar-refractivity contribution >= 4 is 34.4 Å². The maximum Gasteiger partial charge on any atom is 0.173 e. The molecule has 1 N–H and O–H groups in total. The number of anilines is 1. The molecular formula is C23H24FN3O2S2. The van der Waals surface area contributed by atoms with Crippen molar-refractivity contribution in [1.82, 2.24) is 9.88 Å². The number of hydrogen-bond donors (Lipinski definition) is 1. The Balaban J connectivity index is 1.62. The molecule has 0 bridgehead atoms. The molecule has 1 aliphatic rings. The van der Waals surface area contributed by atoms with Gasteiger partial charge in [-0.05, 0) is 54.9 Å². The van der Waals surface area contributed by atoms with Gasteiger partial charge in [0.1, 0.15) is 22.3 Å². The molecule has 0 spiro atoms. The number of thiocarbonyl (C=S) groups is 1. The third-order valence-corrected chi connectivity index (χ3v) is 7.11. The van der Waals surface area contributed by atoms with Crippen LogP contribution >= 0.6 is 23.6 Å². The summed E-state index contributed by atoms with van der Waals surface area (Å²) in [6, 6.07) is 11.0. The number of nitrogens with zero attached hydrogens (tertiary/aromatic N) is 2. The predicted octanol–water partition coefficient (Wildman–Crippen LogP) is 5.00. The van der Waals surface area contributed by atoms with Gasteiger partial charge in [0.25, 0.3) is 0 Å². The Bertz CT molecular complexity index is 1090. The van der Waals surface area contributed by atoms with Gasteiger partial charge in [0, 0.05) is 30.7 Å². The molecule has 1 aliphatic heterocycles. The lowest BCUT2D eigenvalue weighted by Crippen LogP contribution is -2.37. The van der Waals surface area contributed by atoms with Gasteiger partial charge in [-0.3, -0.25) is 0 Å². The second-order valence-electron chi connectivity index (χ2n) is 7.55. The lowest BCUT2D eigenvalue weighted by Gasteiger charge is -2.29. The van der Waals surface area contributed by atoms with Gasteiger partial charge in [0.15, 0.2) is 5.11 Å². The SMILES string of the molecule is COc1ccc(OC)c(NC(=S)N2CC[C@@](c3ccc(C)c(F)c3)(c3nccs3)C2)c1. The fourth-order valence-corrected chi connectivity index (χ4v) is 5.12. The normalized spacial score (nSPS) is 18.1. The van der Waals surface area contributed by atoms with Crippen LogP contribution in [0.2, 0.25) is 0 Å². The minimum absolute atomic E-state index is 0.200. The summed E-state index contributed by atoms with van der Waals surface area (Å²) in [5, 5.41) is 6.81. The number of aryl methyl sites for hydroxylation is 1. The van der Waals surface area contributed by atoms with Crippen LogP contribution in [0.15, 0.2) is 48.0 Å². The predicted molar refractivity (Wildman–Crippen MR) is 126 cm³/mol. The molecule has 5 nitrogen and oxygen atoms in total. The third kappa shape index (κ3) is 4.09. The summed E-state index contributed by atoms with van der Waals surface area (Å²) >= 11 is 7.33. The zero-order valence-corrected chi connectivity index (χ0v) is 19.3. The van der Waals surface area contributed by atoms with E-state index in [2.05, 4.69) is 15.2 Å². The highest BCUT2D eigenvalue weighted by atomic mass is 32.1. The summed E-state index contributed by atoms with van der Waals surface area (Å²) in [5.41, 5.74) is 1.89. The number of thiazole rings is 1. The summed E-state index contributed by atoms with van der Waals surface area (Å²) in [4.78, 5) is 6.70. The van der Waals surface area contributed by atoms with E-state index < -0.39 is 5.41 Å². The van der Waals surface area contributed by atoms with Crippen molar-refractivity contribution in [2.45, 2.75) is 18.8 Å². The highest BCUT2D eigenvalue weighted by Gasteiger charge is 2.44. The Labute approximate surface area is 190 Å². The van der Waals surface area contributed by atoms with Crippen molar-refractivity contribution in [2.24, 2.45) is 0 Å². The van der Waals surface area contributed by atoms with E-state index in [0.717, 1.165) is 29.2 Å². The number of hydrogen-bond acceptors (Lipinski definition) is 5. The average Bonchev–Trinajstić information content (AvgIpc) is 3.46. The molecule has 31 heavy (non-hydrogen) atoms. The monoisotopic (exact) mass is 457 g/mol. The maximum atomic E-state index is 14.4. The molecular weight excluding hydrogens is 433 g/mol. The molecule has 1 atom stereocenters. The molecule has 1 saturated heterocycles. The molecule has 0 unspecified atom stereocenters. The molecule has 1 aromatic heterocycles. The Kier molecular flexibility index (Phi) is 6.11. The molecule has 0 aliphatic carbocycles. The largest absolute Gasteiger partial charge is 0.497 e. The van der Waals surface area contributed by atoms with Crippen molar-refractivity contribution in [2.75, 3.05) is 32.6 Å². The van der Waals surface area contributed by atoms with Gasteiger partial charge in [-0.2, -0.15) is 0 Å². The summed E-state index contributed by atoms with van der Waals surface area (Å²) in [6.45, 7) is 3.12. The first-order chi connectivity index (χ1) is 15.0. The third-order valence-electron chi connectivity index (χ3n) is 5.77. The zero-order chi connectivity index (χ0) is 22.0. The second kappa shape index (κ2) is 8.80. The van der Waals surface area contributed by atoms with E-state index in [1.807, 2.05) is 35.7 Å². The Morgan fingerprint density at radius 2 is 2.06 bits per heavy atom. The Morgan fingerprint density at radius 3 is 2.74 bits per heavy atom. The molecule has 0 amide bonds. The Hall–Kier alpha value is -2.71. The van der Waals surface area contributed by atoms with E-state index in [1.165, 1.54) is 0 Å². The van der Waals surface area contributed by atoms with Gasteiger partial charge in [-0.1, -0.05) is 12.1 Å². The minimum atomic E-state index is -0.410. The van der Waals surface area contributed by atoms with E-state index in [0.29, 0.717) is 28.7 Å². The fraction of sp³-hybridized carbons (Fsp3) is 0.304. The fourth-order valence-electron chi connectivity index (χ4n) is 3.97. The molecule has 1 fully saturated rings. The first-order valence-corrected chi connectivity index (χ1v) is 11.2. The smallest absolute Gasteiger partial charge is 0.173 e. The number of benzene rings is 2. The number of aromatic nitrogens is 1. The average molecular weight is 458 g/mol. The van der Waals surface area contributed by atoms with Crippen LogP contribution < -0.4 is 14.8 Å². The summed E-state index contributed by atoms with van der Waals surface area (Å²) in [5.74, 6) is 1.18. The summed E-state index contributed by atoms with van der Waals surface area (Å²) in [6.07, 6.45) is 2.59. The number of halogens is 1. The van der Waals surface area contributed by atoms with E-state index in [-0.39, 0.29) is 5.82 Å². The molecule has 8 heteroatoms. The maximum absolute atomic E-state index is 14.4. The molecule has 2 aromatic carbocycles. The number of methoxy groups -OCH3 is 2. The van der Waals surface area contributed by atoms with Crippen LogP contribution in [0.25, 0.3) is 0 Å². The minimum Gasteiger partial charge on any atom is -0.497 e. The van der Waals surface area contributed by atoms with Crippen molar-refractivity contribution in [3.05, 3.63) is 69.9 Å². The van der Waals surface area contributed by atoms with Gasteiger partial charge in [-0.15, -0.1) is 11.3 Å². The van der Waals surface area contributed by atoms with Gasteiger partial charge >= 0.3 is 0 Å². The van der Waals surface area contributed by atoms with Crippen molar-refractivity contribution in [1.29, 1.82) is 0 Å². The summed E-state index contributed by atoms with van der Waals surface area (Å²) in [7, 11) is 3.23. The van der Waals surface area contributed by atoms with Crippen LogP contribution in [0, 0.1) is 12.7 Å². The van der Waals surface area contributed by atoms with Gasteiger partial charge in [-0.25, -0.2) is 9.37 Å². The Morgan fingerprint density at radius 1 is 1.23 bits per heavy atom. The van der Waals surface area contributed by atoms with Gasteiger partial charge < -0.3 is 19.7 Å². The van der Waals surface area contributed by atoms with Crippen molar-refractivity contribution in [3.63, 3.8) is 0 Å². The van der Waals surface area contributed by atoms with Crippen molar-refractivity contribution in [3.8, 4) is 11.5 Å². The molecule has 2 heterocycles. The molecule has 0 saturated carbocycles. The van der Waals surface area contributed by atoms with E-state index in [9.17, 15) is 4.39 Å². The number of nitrogens with one attached hydrogen (secondary N) is 1. The zero-order valence-electron chi connectivity index (χ0n) is 17.6. The van der Waals surface area contributed by atoms with E-state index in [1.54, 1.807) is 44.7 Å². The quantitative estimate of drug-likeness (QED) is 0.545. The van der Waals surface area contributed by atoms with Gasteiger partial charge in [0.2, 0.25) is 0 Å². The van der Waals surface area contributed by atoms with Crippen LogP contribution in [0.3, 0.4) is 0 Å². The topological polar surface area (TPSA) is 46.6 Å². The lowest BCUT2D eigenvalue weighted by molar-refractivity contribution is 0.404. The van der Waals surface area contributed by atoms with Gasteiger partial charge in [0.05, 0.1) is 25.3 Å². The molecule has 3 aromatic rings. The van der Waals surface area contributed by atoms with Crippen LogP contribution in [-0.4, -0.2) is 42.3 Å². The molecule has 162 valence electrons. The van der Waals surface area contributed by atoms with E-state index >= 15 is 0 Å². The number of ether oxygens (including phenoxy) is 2. The lowest BCUT2D eigenvalue weighted by atomic mass is 9.80. The van der Waals surface area contributed by atoms with Crippen LogP contribution in [-0.2, 0) is 5.41 Å². The standard InChI is InChI=1S/C23H24FN3O2S2/c1-15-4-5-16(12-18(15)24)23(21-25-9-11-31-21)8-10-27(14-23)22(30)26-19-13-17(28-2)6-7-20(19)29-3/h4-7,9,11-13H,8,10,14H2,1-3H3,(H,26,30)/t23-/m1/s1. The van der Waals surface area contributed by atoms with Crippen LogP contribution in [0.1, 0.15) is 22.6 Å². The first kappa shape index (κ1) is 21.5. The number of likely N-dealkylation sites (tertiary alicyclic amines) is 1. The highest BCUT2D eigenvalue weighted by molar-refractivity contribution is 7.80.